The predicted octanol–water partition coefficient (Wildman–Crippen LogP) is 5.78. The Kier molecular flexibility index (Phi) is 10.4. The molecule has 1 atom stereocenters. The molecule has 12 nitrogen and oxygen atoms in total. The Labute approximate surface area is 305 Å². The number of aromatic amines is 1. The molecule has 2 amide bonds. The van der Waals surface area contributed by atoms with Gasteiger partial charge in [0.25, 0.3) is 11.5 Å². The second kappa shape index (κ2) is 14.5. The van der Waals surface area contributed by atoms with Gasteiger partial charge in [-0.1, -0.05) is 0 Å². The van der Waals surface area contributed by atoms with Crippen molar-refractivity contribution in [1.29, 1.82) is 0 Å². The van der Waals surface area contributed by atoms with E-state index in [2.05, 4.69) is 20.2 Å². The molecular weight excluding hydrogens is 691 g/mol. The van der Waals surface area contributed by atoms with Crippen LogP contribution in [0.25, 0.3) is 16.6 Å². The summed E-state index contributed by atoms with van der Waals surface area (Å²) in [5.74, 6) is 0.473. The molecule has 15 heteroatoms. The summed E-state index contributed by atoms with van der Waals surface area (Å²) in [6.07, 6.45) is -0.613. The van der Waals surface area contributed by atoms with E-state index in [0.717, 1.165) is 27.9 Å². The van der Waals surface area contributed by atoms with Crippen LogP contribution >= 0.6 is 0 Å². The van der Waals surface area contributed by atoms with Crippen LogP contribution in [0.4, 0.5) is 23.8 Å². The predicted molar refractivity (Wildman–Crippen MR) is 195 cm³/mol. The number of halogens is 3. The minimum absolute atomic E-state index is 0.0828. The number of anilines is 1. The van der Waals surface area contributed by atoms with Gasteiger partial charge in [0.05, 0.1) is 31.3 Å². The van der Waals surface area contributed by atoms with Crippen molar-refractivity contribution in [2.45, 2.75) is 72.3 Å². The zero-order chi connectivity index (χ0) is 38.4. The van der Waals surface area contributed by atoms with Gasteiger partial charge in [-0.25, -0.2) is 9.78 Å². The number of alkyl halides is 3. The van der Waals surface area contributed by atoms with Gasteiger partial charge in [0.2, 0.25) is 0 Å². The fraction of sp³-hybridized carbons (Fsp3) is 0.474. The third-order valence-corrected chi connectivity index (χ3v) is 9.91. The number of hydrogen-bond acceptors (Lipinski definition) is 8. The Balaban J connectivity index is 1.41. The molecular formula is C38H46F3N7O5. The van der Waals surface area contributed by atoms with E-state index in [0.29, 0.717) is 54.4 Å². The van der Waals surface area contributed by atoms with Gasteiger partial charge in [0.1, 0.15) is 17.2 Å². The molecule has 1 unspecified atom stereocenters. The number of hydrogen-bond donors (Lipinski definition) is 2. The Morgan fingerprint density at radius 2 is 1.75 bits per heavy atom. The fourth-order valence-corrected chi connectivity index (χ4v) is 7.42. The topological polar surface area (TPSA) is 125 Å². The standard InChI is InChI=1S/C38H46F3N7O5/c1-22-18-31(52-7)29(35(50)44-22)20-43-34(49)28-19-30-26(25-8-11-42-33-27(25)10-13-48(33)36(51)53-37(4,5)6)9-12-47(30)32(23(28)2)24(3)46-16-14-45(15-17-46)21-38(39,40)41/h8-9,11-12,18-19,24H,10,13-17,20-21H2,1-7H3,(H,43,49)(H,44,50). The lowest BCUT2D eigenvalue weighted by Gasteiger charge is -2.39. The van der Waals surface area contributed by atoms with Crippen molar-refractivity contribution < 1.29 is 32.2 Å². The maximum absolute atomic E-state index is 14.1. The van der Waals surface area contributed by atoms with E-state index in [1.165, 1.54) is 12.0 Å². The monoisotopic (exact) mass is 737 g/mol. The number of pyridine rings is 3. The van der Waals surface area contributed by atoms with Crippen molar-refractivity contribution >= 4 is 23.3 Å². The SMILES string of the molecule is COc1cc(C)[nH]c(=O)c1CNC(=O)c1cc2c(-c3ccnc4c3CCN4C(=O)OC(C)(C)C)ccn2c(C(C)N2CCN(CC(F)(F)F)CC2)c1C. The molecule has 2 aliphatic rings. The van der Waals surface area contributed by atoms with E-state index >= 15 is 0 Å². The minimum atomic E-state index is -4.27. The number of amides is 2. The van der Waals surface area contributed by atoms with Crippen LogP contribution in [-0.4, -0.2) is 94.3 Å². The highest BCUT2D eigenvalue weighted by Gasteiger charge is 2.35. The number of nitrogens with one attached hydrogen (secondary N) is 2. The van der Waals surface area contributed by atoms with Crippen LogP contribution in [0, 0.1) is 13.8 Å². The Morgan fingerprint density at radius 1 is 1.04 bits per heavy atom. The van der Waals surface area contributed by atoms with Gasteiger partial charge in [-0.2, -0.15) is 13.2 Å². The quantitative estimate of drug-likeness (QED) is 0.233. The average Bonchev–Trinajstić information content (AvgIpc) is 3.70. The van der Waals surface area contributed by atoms with Crippen molar-refractivity contribution in [3.8, 4) is 16.9 Å². The number of fused-ring (bicyclic) bond motifs is 2. The molecule has 6 rings (SSSR count). The fourth-order valence-electron chi connectivity index (χ4n) is 7.42. The number of carbonyl (C=O) groups is 2. The van der Waals surface area contributed by atoms with Crippen LogP contribution in [0.1, 0.15) is 72.2 Å². The first-order chi connectivity index (χ1) is 25.0. The molecule has 284 valence electrons. The molecule has 53 heavy (non-hydrogen) atoms. The molecule has 0 saturated carbocycles. The molecule has 6 heterocycles. The van der Waals surface area contributed by atoms with E-state index in [1.807, 2.05) is 63.4 Å². The Morgan fingerprint density at radius 3 is 2.42 bits per heavy atom. The maximum Gasteiger partial charge on any atom is 0.416 e. The molecule has 4 aromatic rings. The first-order valence-electron chi connectivity index (χ1n) is 17.7. The van der Waals surface area contributed by atoms with Crippen molar-refractivity contribution in [3.05, 3.63) is 80.7 Å². The summed E-state index contributed by atoms with van der Waals surface area (Å²) in [5, 5.41) is 2.92. The number of nitrogens with zero attached hydrogens (tertiary/aromatic N) is 5. The summed E-state index contributed by atoms with van der Waals surface area (Å²) in [7, 11) is 1.46. The molecule has 0 spiro atoms. The highest BCUT2D eigenvalue weighted by molar-refractivity contribution is 5.99. The highest BCUT2D eigenvalue weighted by atomic mass is 19.4. The number of H-pyrrole nitrogens is 1. The molecule has 4 aromatic heterocycles. The number of carbonyl (C=O) groups excluding carboxylic acids is 2. The normalized spacial score (nSPS) is 16.2. The van der Waals surface area contributed by atoms with Crippen molar-refractivity contribution in [2.24, 2.45) is 0 Å². The summed E-state index contributed by atoms with van der Waals surface area (Å²) in [6, 6.07) is 7.10. The summed E-state index contributed by atoms with van der Waals surface area (Å²) < 4.78 is 52.6. The number of piperazine rings is 1. The van der Waals surface area contributed by atoms with Gasteiger partial charge in [0, 0.05) is 79.2 Å². The van der Waals surface area contributed by atoms with E-state index in [-0.39, 0.29) is 36.8 Å². The third kappa shape index (κ3) is 7.91. The van der Waals surface area contributed by atoms with Crippen LogP contribution in [-0.2, 0) is 17.7 Å². The van der Waals surface area contributed by atoms with Gasteiger partial charge in [-0.3, -0.25) is 24.3 Å². The van der Waals surface area contributed by atoms with Crippen LogP contribution in [0.5, 0.6) is 5.75 Å². The van der Waals surface area contributed by atoms with Gasteiger partial charge >= 0.3 is 12.3 Å². The molecule has 1 saturated heterocycles. The van der Waals surface area contributed by atoms with E-state index < -0.39 is 30.3 Å². The summed E-state index contributed by atoms with van der Waals surface area (Å²) in [4.78, 5) is 52.4. The van der Waals surface area contributed by atoms with E-state index in [4.69, 9.17) is 9.47 Å². The van der Waals surface area contributed by atoms with E-state index in [1.54, 1.807) is 24.1 Å². The molecule has 0 aliphatic carbocycles. The van der Waals surface area contributed by atoms with Crippen molar-refractivity contribution in [2.75, 3.05) is 51.3 Å². The molecule has 0 radical (unpaired) electrons. The molecule has 2 N–H and O–H groups in total. The molecule has 2 aliphatic heterocycles. The largest absolute Gasteiger partial charge is 0.496 e. The number of aromatic nitrogens is 3. The lowest BCUT2D eigenvalue weighted by Crippen LogP contribution is -2.49. The minimum Gasteiger partial charge on any atom is -0.496 e. The second-order valence-corrected chi connectivity index (χ2v) is 14.7. The van der Waals surface area contributed by atoms with E-state index in [9.17, 15) is 27.6 Å². The van der Waals surface area contributed by atoms with Crippen LogP contribution in [0.15, 0.2) is 41.5 Å². The molecule has 0 bridgehead atoms. The van der Waals surface area contributed by atoms with Gasteiger partial charge < -0.3 is 24.2 Å². The number of ether oxygens (including phenoxy) is 2. The van der Waals surface area contributed by atoms with Crippen LogP contribution < -0.4 is 20.5 Å². The van der Waals surface area contributed by atoms with Crippen LogP contribution in [0.3, 0.4) is 0 Å². The van der Waals surface area contributed by atoms with Crippen molar-refractivity contribution in [3.63, 3.8) is 0 Å². The summed E-state index contributed by atoms with van der Waals surface area (Å²) >= 11 is 0. The first-order valence-corrected chi connectivity index (χ1v) is 17.7. The number of rotatable bonds is 8. The average molecular weight is 738 g/mol. The number of methoxy groups -OCH3 is 1. The van der Waals surface area contributed by atoms with Crippen molar-refractivity contribution in [1.82, 2.24) is 29.5 Å². The third-order valence-electron chi connectivity index (χ3n) is 9.91. The lowest BCUT2D eigenvalue weighted by atomic mass is 9.97. The lowest BCUT2D eigenvalue weighted by molar-refractivity contribution is -0.149. The number of aryl methyl sites for hydroxylation is 1. The first kappa shape index (κ1) is 37.9. The van der Waals surface area contributed by atoms with Gasteiger partial charge in [-0.15, -0.1) is 0 Å². The van der Waals surface area contributed by atoms with Gasteiger partial charge in [0.15, 0.2) is 0 Å². The smallest absolute Gasteiger partial charge is 0.416 e. The Bertz CT molecular complexity index is 2090. The zero-order valence-corrected chi connectivity index (χ0v) is 31.1. The zero-order valence-electron chi connectivity index (χ0n) is 31.1. The summed E-state index contributed by atoms with van der Waals surface area (Å²) in [6.45, 7) is 11.7. The maximum atomic E-state index is 14.1. The second-order valence-electron chi connectivity index (χ2n) is 14.7. The Hall–Kier alpha value is -4.89. The molecule has 1 fully saturated rings. The highest BCUT2D eigenvalue weighted by Crippen LogP contribution is 2.39. The summed E-state index contributed by atoms with van der Waals surface area (Å²) in [5.41, 5.74) is 5.04. The van der Waals surface area contributed by atoms with Crippen LogP contribution in [0.2, 0.25) is 0 Å². The molecule has 0 aromatic carbocycles. The van der Waals surface area contributed by atoms with Gasteiger partial charge in [-0.05, 0) is 83.4 Å².